The minimum atomic E-state index is -2.70. The fourth-order valence-corrected chi connectivity index (χ4v) is 6.46. The van der Waals surface area contributed by atoms with E-state index in [9.17, 15) is 35.1 Å². The highest BCUT2D eigenvalue weighted by Gasteiger charge is 2.27. The fraction of sp³-hybridized carbons (Fsp3) is 0.489. The van der Waals surface area contributed by atoms with Crippen molar-refractivity contribution >= 4 is 0 Å². The van der Waals surface area contributed by atoms with Crippen LogP contribution in [0.15, 0.2) is 60.7 Å². The molecule has 0 aliphatic rings. The Bertz CT molecular complexity index is 1890. The second-order valence-corrected chi connectivity index (χ2v) is 14.9. The van der Waals surface area contributed by atoms with Crippen molar-refractivity contribution in [1.29, 1.82) is 0 Å². The van der Waals surface area contributed by atoms with Gasteiger partial charge in [-0.3, -0.25) is 0 Å². The number of aryl methyl sites for hydroxylation is 3. The molecule has 0 saturated heterocycles. The molecule has 4 aromatic carbocycles. The summed E-state index contributed by atoms with van der Waals surface area (Å²) in [5.74, 6) is -7.79. The van der Waals surface area contributed by atoms with E-state index in [2.05, 4.69) is 0 Å². The Morgan fingerprint density at radius 2 is 0.932 bits per heavy atom. The first-order valence-corrected chi connectivity index (χ1v) is 20.8. The van der Waals surface area contributed by atoms with Gasteiger partial charge in [-0.1, -0.05) is 70.1 Å². The third-order valence-electron chi connectivity index (χ3n) is 10.1. The van der Waals surface area contributed by atoms with E-state index in [1.54, 1.807) is 18.2 Å². The molecule has 0 bridgehead atoms. The standard InChI is InChI=1S/C47H56F8O4/c1-3-4-27-58-41-23-24-42(46(53)45(41)52)59-32-36-20-22-38(31-40(36)49)57-29-14-10-6-8-12-26-47(54,55)25-11-7-5-9-13-28-56-37-21-19-34(39(48)30-37)17-18-35-16-15-33(2)43(50)44(35)51/h15-16,19-24,30-31H,3-14,17-18,25-29,32H2,1-2H3. The van der Waals surface area contributed by atoms with Gasteiger partial charge in [0.2, 0.25) is 17.6 Å². The molecule has 0 fully saturated rings. The molecule has 0 radical (unpaired) electrons. The number of benzene rings is 4. The Labute approximate surface area is 343 Å². The SMILES string of the molecule is CCCCOc1ccc(OCc2ccc(OCCCCCCCC(F)(F)CCCCCCCOc3ccc(CCc4ccc(C)c(F)c4F)c(F)c3)cc2F)c(F)c1F. The average molecular weight is 837 g/mol. The topological polar surface area (TPSA) is 36.9 Å². The smallest absolute Gasteiger partial charge is 0.248 e. The molecule has 0 aliphatic heterocycles. The van der Waals surface area contributed by atoms with E-state index < -0.39 is 40.8 Å². The molecule has 4 rings (SSSR count). The Morgan fingerprint density at radius 3 is 1.49 bits per heavy atom. The molecule has 324 valence electrons. The first-order chi connectivity index (χ1) is 28.4. The normalized spacial score (nSPS) is 11.6. The van der Waals surface area contributed by atoms with Gasteiger partial charge in [-0.05, 0) is 98.9 Å². The Kier molecular flexibility index (Phi) is 19.7. The van der Waals surface area contributed by atoms with Crippen molar-refractivity contribution in [3.8, 4) is 23.0 Å². The molecule has 12 heteroatoms. The molecule has 0 spiro atoms. The summed E-state index contributed by atoms with van der Waals surface area (Å²) < 4.78 is 137. The molecule has 0 aliphatic carbocycles. The molecule has 59 heavy (non-hydrogen) atoms. The van der Waals surface area contributed by atoms with Gasteiger partial charge in [-0.25, -0.2) is 26.3 Å². The monoisotopic (exact) mass is 836 g/mol. The summed E-state index contributed by atoms with van der Waals surface area (Å²) >= 11 is 0. The van der Waals surface area contributed by atoms with Crippen molar-refractivity contribution in [3.63, 3.8) is 0 Å². The number of alkyl halides is 2. The summed E-state index contributed by atoms with van der Waals surface area (Å²) in [6.07, 6.45) is 8.44. The molecule has 4 nitrogen and oxygen atoms in total. The van der Waals surface area contributed by atoms with Crippen LogP contribution in [0.25, 0.3) is 0 Å². The Balaban J connectivity index is 0.987. The number of unbranched alkanes of at least 4 members (excludes halogenated alkanes) is 9. The van der Waals surface area contributed by atoms with Gasteiger partial charge in [-0.2, -0.15) is 8.78 Å². The second kappa shape index (κ2) is 24.6. The maximum absolute atomic E-state index is 14.7. The van der Waals surface area contributed by atoms with E-state index in [0.29, 0.717) is 75.2 Å². The summed E-state index contributed by atoms with van der Waals surface area (Å²) in [6, 6.07) is 14.3. The third kappa shape index (κ3) is 15.9. The summed E-state index contributed by atoms with van der Waals surface area (Å²) in [6.45, 7) is 4.10. The Morgan fingerprint density at radius 1 is 0.458 bits per heavy atom. The predicted octanol–water partition coefficient (Wildman–Crippen LogP) is 14.1. The first-order valence-electron chi connectivity index (χ1n) is 20.8. The average Bonchev–Trinajstić information content (AvgIpc) is 3.21. The van der Waals surface area contributed by atoms with Crippen molar-refractivity contribution in [2.45, 2.75) is 129 Å². The molecule has 0 N–H and O–H groups in total. The van der Waals surface area contributed by atoms with Crippen LogP contribution < -0.4 is 18.9 Å². The van der Waals surface area contributed by atoms with Crippen LogP contribution in [0.4, 0.5) is 35.1 Å². The van der Waals surface area contributed by atoms with Crippen molar-refractivity contribution in [2.24, 2.45) is 0 Å². The van der Waals surface area contributed by atoms with Gasteiger partial charge >= 0.3 is 0 Å². The lowest BCUT2D eigenvalue weighted by molar-refractivity contribution is -0.0207. The zero-order chi connectivity index (χ0) is 42.6. The minimum Gasteiger partial charge on any atom is -0.493 e. The molecular formula is C47H56F8O4. The van der Waals surface area contributed by atoms with Crippen LogP contribution in [0, 0.1) is 41.8 Å². The largest absolute Gasteiger partial charge is 0.493 e. The summed E-state index contributed by atoms with van der Waals surface area (Å²) in [5, 5.41) is 0. The quantitative estimate of drug-likeness (QED) is 0.0422. The van der Waals surface area contributed by atoms with E-state index in [1.165, 1.54) is 49.4 Å². The second-order valence-electron chi connectivity index (χ2n) is 14.9. The highest BCUT2D eigenvalue weighted by atomic mass is 19.3. The molecular weight excluding hydrogens is 780 g/mol. The van der Waals surface area contributed by atoms with E-state index in [4.69, 9.17) is 18.9 Å². The van der Waals surface area contributed by atoms with Crippen LogP contribution >= 0.6 is 0 Å². The van der Waals surface area contributed by atoms with E-state index in [0.717, 1.165) is 32.1 Å². The molecule has 0 heterocycles. The van der Waals surface area contributed by atoms with Crippen LogP contribution in [0.5, 0.6) is 23.0 Å². The van der Waals surface area contributed by atoms with Crippen LogP contribution in [0.3, 0.4) is 0 Å². The molecule has 0 unspecified atom stereocenters. The summed E-state index contributed by atoms with van der Waals surface area (Å²) in [4.78, 5) is 0. The molecule has 0 atom stereocenters. The van der Waals surface area contributed by atoms with E-state index >= 15 is 0 Å². The molecule has 4 aromatic rings. The minimum absolute atomic E-state index is 0.145. The van der Waals surface area contributed by atoms with Crippen LogP contribution in [0.2, 0.25) is 0 Å². The molecule has 0 aromatic heterocycles. The lowest BCUT2D eigenvalue weighted by atomic mass is 10.0. The van der Waals surface area contributed by atoms with Gasteiger partial charge in [0.1, 0.15) is 29.7 Å². The number of hydrogen-bond donors (Lipinski definition) is 0. The van der Waals surface area contributed by atoms with E-state index in [-0.39, 0.29) is 67.1 Å². The number of ether oxygens (including phenoxy) is 4. The molecule has 0 amide bonds. The fourth-order valence-electron chi connectivity index (χ4n) is 6.46. The number of halogens is 8. The van der Waals surface area contributed by atoms with E-state index in [1.807, 2.05) is 6.92 Å². The van der Waals surface area contributed by atoms with Crippen LogP contribution in [-0.4, -0.2) is 25.7 Å². The lowest BCUT2D eigenvalue weighted by Gasteiger charge is -2.16. The van der Waals surface area contributed by atoms with Gasteiger partial charge in [0, 0.05) is 30.5 Å². The van der Waals surface area contributed by atoms with Gasteiger partial charge in [0.15, 0.2) is 23.1 Å². The van der Waals surface area contributed by atoms with Gasteiger partial charge in [0.05, 0.1) is 19.8 Å². The highest BCUT2D eigenvalue weighted by molar-refractivity contribution is 5.36. The zero-order valence-corrected chi connectivity index (χ0v) is 34.1. The zero-order valence-electron chi connectivity index (χ0n) is 34.1. The van der Waals surface area contributed by atoms with Gasteiger partial charge in [-0.15, -0.1) is 0 Å². The summed E-state index contributed by atoms with van der Waals surface area (Å²) in [5.41, 5.74) is 0.950. The van der Waals surface area contributed by atoms with Gasteiger partial charge in [0.25, 0.3) is 0 Å². The summed E-state index contributed by atoms with van der Waals surface area (Å²) in [7, 11) is 0. The molecule has 0 saturated carbocycles. The number of hydrogen-bond acceptors (Lipinski definition) is 4. The predicted molar refractivity (Wildman–Crippen MR) is 214 cm³/mol. The van der Waals surface area contributed by atoms with Crippen molar-refractivity contribution in [3.05, 3.63) is 118 Å². The maximum Gasteiger partial charge on any atom is 0.248 e. The van der Waals surface area contributed by atoms with Gasteiger partial charge < -0.3 is 18.9 Å². The van der Waals surface area contributed by atoms with Crippen LogP contribution in [-0.2, 0) is 19.4 Å². The maximum atomic E-state index is 14.7. The number of rotatable bonds is 28. The van der Waals surface area contributed by atoms with Crippen molar-refractivity contribution < 1.29 is 54.1 Å². The lowest BCUT2D eigenvalue weighted by Crippen LogP contribution is -2.15. The van der Waals surface area contributed by atoms with Crippen LogP contribution in [0.1, 0.15) is 119 Å². The first kappa shape index (κ1) is 47.2. The van der Waals surface area contributed by atoms with Crippen molar-refractivity contribution in [1.82, 2.24) is 0 Å². The van der Waals surface area contributed by atoms with Crippen molar-refractivity contribution in [2.75, 3.05) is 19.8 Å². The highest BCUT2D eigenvalue weighted by Crippen LogP contribution is 2.30. The third-order valence-corrected chi connectivity index (χ3v) is 10.1. The Hall–Kier alpha value is -4.48.